The molecule has 1 saturated heterocycles. The van der Waals surface area contributed by atoms with Crippen LogP contribution < -0.4 is 10.2 Å². The Labute approximate surface area is 114 Å². The van der Waals surface area contributed by atoms with Gasteiger partial charge in [-0.3, -0.25) is 4.90 Å². The van der Waals surface area contributed by atoms with Crippen LogP contribution in [0.3, 0.4) is 0 Å². The molecule has 0 aliphatic carbocycles. The number of piperazine rings is 1. The van der Waals surface area contributed by atoms with Crippen LogP contribution in [0.1, 0.15) is 0 Å². The van der Waals surface area contributed by atoms with Crippen LogP contribution in [0.4, 0.5) is 10.1 Å². The summed E-state index contributed by atoms with van der Waals surface area (Å²) >= 11 is 0. The van der Waals surface area contributed by atoms with E-state index in [1.54, 1.807) is 0 Å². The molecule has 1 aromatic carbocycles. The van der Waals surface area contributed by atoms with Crippen LogP contribution >= 0.6 is 0 Å². The van der Waals surface area contributed by atoms with Gasteiger partial charge in [0.15, 0.2) is 0 Å². The zero-order valence-corrected chi connectivity index (χ0v) is 11.1. The predicted molar refractivity (Wildman–Crippen MR) is 76.8 cm³/mol. The van der Waals surface area contributed by atoms with Gasteiger partial charge >= 0.3 is 0 Å². The monoisotopic (exact) mass is 261 g/mol. The Balaban J connectivity index is 1.73. The first-order valence-corrected chi connectivity index (χ1v) is 6.66. The quantitative estimate of drug-likeness (QED) is 0.634. The van der Waals surface area contributed by atoms with Crippen molar-refractivity contribution < 1.29 is 4.39 Å². The molecule has 0 aromatic heterocycles. The summed E-state index contributed by atoms with van der Waals surface area (Å²) in [4.78, 5) is 4.72. The van der Waals surface area contributed by atoms with Crippen molar-refractivity contribution >= 4 is 5.69 Å². The van der Waals surface area contributed by atoms with Gasteiger partial charge in [0.25, 0.3) is 0 Å². The Morgan fingerprint density at radius 1 is 1.16 bits per heavy atom. The highest BCUT2D eigenvalue weighted by atomic mass is 19.1. The molecule has 0 radical (unpaired) electrons. The van der Waals surface area contributed by atoms with Crippen molar-refractivity contribution in [1.82, 2.24) is 10.2 Å². The molecular formula is C15H20FN3. The smallest absolute Gasteiger partial charge is 0.123 e. The maximum atomic E-state index is 12.9. The van der Waals surface area contributed by atoms with Crippen molar-refractivity contribution in [2.75, 3.05) is 50.7 Å². The summed E-state index contributed by atoms with van der Waals surface area (Å²) < 4.78 is 12.9. The number of anilines is 1. The number of terminal acetylenes is 1. The van der Waals surface area contributed by atoms with Crippen LogP contribution in [0.15, 0.2) is 24.3 Å². The van der Waals surface area contributed by atoms with E-state index >= 15 is 0 Å². The van der Waals surface area contributed by atoms with E-state index in [1.165, 1.54) is 12.1 Å². The highest BCUT2D eigenvalue weighted by Gasteiger charge is 2.16. The third-order valence-corrected chi connectivity index (χ3v) is 3.40. The van der Waals surface area contributed by atoms with E-state index in [2.05, 4.69) is 21.0 Å². The molecule has 4 heteroatoms. The lowest BCUT2D eigenvalue weighted by molar-refractivity contribution is 0.259. The maximum absolute atomic E-state index is 12.9. The fourth-order valence-electron chi connectivity index (χ4n) is 2.28. The van der Waals surface area contributed by atoms with Crippen LogP contribution in [0.5, 0.6) is 0 Å². The molecule has 1 fully saturated rings. The van der Waals surface area contributed by atoms with Gasteiger partial charge < -0.3 is 10.2 Å². The van der Waals surface area contributed by atoms with Crippen molar-refractivity contribution in [3.63, 3.8) is 0 Å². The Kier molecular flexibility index (Phi) is 5.20. The number of nitrogens with zero attached hydrogens (tertiary/aromatic N) is 2. The normalized spacial score (nSPS) is 16.3. The molecule has 1 N–H and O–H groups in total. The average Bonchev–Trinajstić information content (AvgIpc) is 2.45. The lowest BCUT2D eigenvalue weighted by Crippen LogP contribution is -2.48. The molecular weight excluding hydrogens is 241 g/mol. The lowest BCUT2D eigenvalue weighted by Gasteiger charge is -2.36. The third kappa shape index (κ3) is 4.23. The minimum Gasteiger partial charge on any atom is -0.369 e. The van der Waals surface area contributed by atoms with Crippen LogP contribution in [-0.4, -0.2) is 50.7 Å². The zero-order valence-electron chi connectivity index (χ0n) is 11.1. The first-order valence-electron chi connectivity index (χ1n) is 6.66. The van der Waals surface area contributed by atoms with Gasteiger partial charge in [-0.1, -0.05) is 5.92 Å². The molecule has 0 atom stereocenters. The van der Waals surface area contributed by atoms with Gasteiger partial charge in [-0.25, -0.2) is 4.39 Å². The Morgan fingerprint density at radius 2 is 1.84 bits per heavy atom. The van der Waals surface area contributed by atoms with Crippen molar-refractivity contribution in [2.45, 2.75) is 0 Å². The van der Waals surface area contributed by atoms with E-state index < -0.39 is 0 Å². The standard InChI is InChI=1S/C15H20FN3/c1-2-7-17-8-9-18-10-12-19(13-11-18)15-5-3-14(16)4-6-15/h1,3-6,17H,7-13H2. The lowest BCUT2D eigenvalue weighted by atomic mass is 10.2. The van der Waals surface area contributed by atoms with Crippen molar-refractivity contribution in [1.29, 1.82) is 0 Å². The summed E-state index contributed by atoms with van der Waals surface area (Å²) in [7, 11) is 0. The number of hydrogen-bond acceptors (Lipinski definition) is 3. The van der Waals surface area contributed by atoms with Crippen molar-refractivity contribution in [3.05, 3.63) is 30.1 Å². The average molecular weight is 261 g/mol. The number of nitrogens with one attached hydrogen (secondary N) is 1. The van der Waals surface area contributed by atoms with Crippen molar-refractivity contribution in [3.8, 4) is 12.3 Å². The number of halogens is 1. The molecule has 19 heavy (non-hydrogen) atoms. The molecule has 102 valence electrons. The highest BCUT2D eigenvalue weighted by Crippen LogP contribution is 2.16. The van der Waals surface area contributed by atoms with Gasteiger partial charge in [0.1, 0.15) is 5.82 Å². The van der Waals surface area contributed by atoms with Gasteiger partial charge in [0, 0.05) is 45.0 Å². The number of benzene rings is 1. The number of rotatable bonds is 5. The third-order valence-electron chi connectivity index (χ3n) is 3.40. The second-order valence-electron chi connectivity index (χ2n) is 4.69. The van der Waals surface area contributed by atoms with Crippen LogP contribution in [0.25, 0.3) is 0 Å². The summed E-state index contributed by atoms with van der Waals surface area (Å²) in [6, 6.07) is 6.73. The van der Waals surface area contributed by atoms with E-state index in [1.807, 2.05) is 12.1 Å². The second kappa shape index (κ2) is 7.13. The molecule has 0 unspecified atom stereocenters. The van der Waals surface area contributed by atoms with Crippen LogP contribution in [0, 0.1) is 18.2 Å². The molecule has 3 nitrogen and oxygen atoms in total. The topological polar surface area (TPSA) is 18.5 Å². The first kappa shape index (κ1) is 13.9. The molecule has 0 saturated carbocycles. The molecule has 2 rings (SSSR count). The van der Waals surface area contributed by atoms with Gasteiger partial charge in [-0.05, 0) is 24.3 Å². The Morgan fingerprint density at radius 3 is 2.47 bits per heavy atom. The predicted octanol–water partition coefficient (Wildman–Crippen LogP) is 1.17. The summed E-state index contributed by atoms with van der Waals surface area (Å²) in [5.41, 5.74) is 1.10. The molecule has 0 spiro atoms. The van der Waals surface area contributed by atoms with E-state index in [0.717, 1.165) is 45.0 Å². The van der Waals surface area contributed by atoms with Gasteiger partial charge in [-0.15, -0.1) is 6.42 Å². The zero-order chi connectivity index (χ0) is 13.5. The van der Waals surface area contributed by atoms with Crippen molar-refractivity contribution in [2.24, 2.45) is 0 Å². The van der Waals surface area contributed by atoms with Gasteiger partial charge in [0.05, 0.1) is 6.54 Å². The van der Waals surface area contributed by atoms with Crippen LogP contribution in [-0.2, 0) is 0 Å². The number of hydrogen-bond donors (Lipinski definition) is 1. The minimum atomic E-state index is -0.179. The van der Waals surface area contributed by atoms with E-state index in [0.29, 0.717) is 6.54 Å². The largest absolute Gasteiger partial charge is 0.369 e. The molecule has 1 aromatic rings. The fourth-order valence-corrected chi connectivity index (χ4v) is 2.28. The van der Waals surface area contributed by atoms with Gasteiger partial charge in [-0.2, -0.15) is 0 Å². The Bertz CT molecular complexity index is 416. The fraction of sp³-hybridized carbons (Fsp3) is 0.467. The highest BCUT2D eigenvalue weighted by molar-refractivity contribution is 5.46. The molecule has 0 amide bonds. The van der Waals surface area contributed by atoms with Gasteiger partial charge in [0.2, 0.25) is 0 Å². The summed E-state index contributed by atoms with van der Waals surface area (Å²) in [6.07, 6.45) is 5.18. The van der Waals surface area contributed by atoms with E-state index in [9.17, 15) is 4.39 Å². The second-order valence-corrected chi connectivity index (χ2v) is 4.69. The SMILES string of the molecule is C#CCNCCN1CCN(c2ccc(F)cc2)CC1. The molecule has 1 heterocycles. The maximum Gasteiger partial charge on any atom is 0.123 e. The first-order chi connectivity index (χ1) is 9.29. The molecule has 1 aliphatic rings. The molecule has 0 bridgehead atoms. The summed E-state index contributed by atoms with van der Waals surface area (Å²) in [6.45, 7) is 6.64. The van der Waals surface area contributed by atoms with E-state index in [4.69, 9.17) is 6.42 Å². The van der Waals surface area contributed by atoms with Crippen LogP contribution in [0.2, 0.25) is 0 Å². The summed E-state index contributed by atoms with van der Waals surface area (Å²) in [5, 5.41) is 3.20. The summed E-state index contributed by atoms with van der Waals surface area (Å²) in [5.74, 6) is 2.39. The Hall–Kier alpha value is -1.57. The van der Waals surface area contributed by atoms with E-state index in [-0.39, 0.29) is 5.82 Å². The molecule has 1 aliphatic heterocycles. The minimum absolute atomic E-state index is 0.179.